The molecule has 0 heterocycles. The van der Waals surface area contributed by atoms with Gasteiger partial charge in [-0.15, -0.1) is 0 Å². The topological polar surface area (TPSA) is 59.6 Å². The highest BCUT2D eigenvalue weighted by Crippen LogP contribution is 2.13. The fourth-order valence-electron chi connectivity index (χ4n) is 2.15. The van der Waals surface area contributed by atoms with Gasteiger partial charge in [-0.1, -0.05) is 12.1 Å². The Hall–Kier alpha value is -1.75. The van der Waals surface area contributed by atoms with Crippen molar-refractivity contribution in [3.8, 4) is 5.75 Å². The van der Waals surface area contributed by atoms with Gasteiger partial charge < -0.3 is 20.1 Å². The van der Waals surface area contributed by atoms with Gasteiger partial charge in [-0.3, -0.25) is 0 Å². The summed E-state index contributed by atoms with van der Waals surface area (Å²) in [5.74, 6) is 0.837. The molecule has 0 aromatic heterocycles. The van der Waals surface area contributed by atoms with E-state index < -0.39 is 0 Å². The molecule has 0 aliphatic rings. The summed E-state index contributed by atoms with van der Waals surface area (Å²) in [6.45, 7) is 6.15. The number of carbonyl (C=O) groups is 1. The minimum Gasteiger partial charge on any atom is -0.497 e. The standard InChI is InChI=1S/C17H28N2O3/c1-4-22-11-6-5-10-18-17(20)19-14(2)12-15-8-7-9-16(13-15)21-3/h7-9,13-14H,4-6,10-12H2,1-3H3,(H2,18,19,20). The van der Waals surface area contributed by atoms with E-state index in [1.807, 2.05) is 38.1 Å². The summed E-state index contributed by atoms with van der Waals surface area (Å²) in [6, 6.07) is 7.84. The summed E-state index contributed by atoms with van der Waals surface area (Å²) < 4.78 is 10.5. The number of rotatable bonds is 10. The lowest BCUT2D eigenvalue weighted by atomic mass is 10.1. The van der Waals surface area contributed by atoms with Crippen molar-refractivity contribution >= 4 is 6.03 Å². The van der Waals surface area contributed by atoms with Crippen LogP contribution in [0, 0.1) is 0 Å². The second-order valence-corrected chi connectivity index (χ2v) is 5.26. The van der Waals surface area contributed by atoms with Crippen LogP contribution in [0.5, 0.6) is 5.75 Å². The van der Waals surface area contributed by atoms with Crippen LogP contribution in [0.25, 0.3) is 0 Å². The molecule has 2 N–H and O–H groups in total. The van der Waals surface area contributed by atoms with E-state index in [1.54, 1.807) is 7.11 Å². The van der Waals surface area contributed by atoms with Crippen molar-refractivity contribution in [2.24, 2.45) is 0 Å². The molecule has 2 amide bonds. The molecule has 1 aromatic carbocycles. The molecule has 124 valence electrons. The highest BCUT2D eigenvalue weighted by Gasteiger charge is 2.08. The molecule has 22 heavy (non-hydrogen) atoms. The van der Waals surface area contributed by atoms with E-state index in [0.717, 1.165) is 43.8 Å². The van der Waals surface area contributed by atoms with Crippen LogP contribution in [-0.4, -0.2) is 38.9 Å². The van der Waals surface area contributed by atoms with Gasteiger partial charge >= 0.3 is 6.03 Å². The third kappa shape index (κ3) is 7.88. The molecule has 0 saturated heterocycles. The third-order valence-electron chi connectivity index (χ3n) is 3.26. The number of hydrogen-bond donors (Lipinski definition) is 2. The number of urea groups is 1. The van der Waals surface area contributed by atoms with Gasteiger partial charge in [0.25, 0.3) is 0 Å². The first kappa shape index (κ1) is 18.3. The number of ether oxygens (including phenoxy) is 2. The van der Waals surface area contributed by atoms with Crippen LogP contribution < -0.4 is 15.4 Å². The predicted molar refractivity (Wildman–Crippen MR) is 88.4 cm³/mol. The van der Waals surface area contributed by atoms with Crippen molar-refractivity contribution in [1.82, 2.24) is 10.6 Å². The first-order valence-electron chi connectivity index (χ1n) is 7.90. The highest BCUT2D eigenvalue weighted by atomic mass is 16.5. The fraction of sp³-hybridized carbons (Fsp3) is 0.588. The zero-order chi connectivity index (χ0) is 16.2. The second kappa shape index (κ2) is 10.9. The lowest BCUT2D eigenvalue weighted by molar-refractivity contribution is 0.143. The maximum absolute atomic E-state index is 11.8. The number of methoxy groups -OCH3 is 1. The Morgan fingerprint density at radius 2 is 2.14 bits per heavy atom. The van der Waals surface area contributed by atoms with Crippen molar-refractivity contribution in [2.75, 3.05) is 26.9 Å². The molecule has 5 heteroatoms. The molecule has 0 aliphatic carbocycles. The average molecular weight is 308 g/mol. The molecule has 0 aliphatic heterocycles. The average Bonchev–Trinajstić information content (AvgIpc) is 2.50. The Morgan fingerprint density at radius 1 is 1.32 bits per heavy atom. The van der Waals surface area contributed by atoms with Crippen LogP contribution in [-0.2, 0) is 11.2 Å². The summed E-state index contributed by atoms with van der Waals surface area (Å²) >= 11 is 0. The Kier molecular flexibility index (Phi) is 9.07. The van der Waals surface area contributed by atoms with Crippen LogP contribution in [0.15, 0.2) is 24.3 Å². The zero-order valence-corrected chi connectivity index (χ0v) is 13.9. The van der Waals surface area contributed by atoms with Gasteiger partial charge in [-0.2, -0.15) is 0 Å². The van der Waals surface area contributed by atoms with Crippen molar-refractivity contribution in [3.05, 3.63) is 29.8 Å². The predicted octanol–water partition coefficient (Wildman–Crippen LogP) is 2.74. The summed E-state index contributed by atoms with van der Waals surface area (Å²) in [6.07, 6.45) is 2.67. The van der Waals surface area contributed by atoms with Crippen molar-refractivity contribution in [1.29, 1.82) is 0 Å². The van der Waals surface area contributed by atoms with E-state index in [-0.39, 0.29) is 12.1 Å². The van der Waals surface area contributed by atoms with Crippen molar-refractivity contribution in [2.45, 2.75) is 39.2 Å². The maximum atomic E-state index is 11.8. The molecular weight excluding hydrogens is 280 g/mol. The van der Waals surface area contributed by atoms with Gasteiger partial charge in [0.15, 0.2) is 0 Å². The molecule has 1 rings (SSSR count). The van der Waals surface area contributed by atoms with Crippen LogP contribution >= 0.6 is 0 Å². The number of hydrogen-bond acceptors (Lipinski definition) is 3. The van der Waals surface area contributed by atoms with Gasteiger partial charge in [0, 0.05) is 25.8 Å². The fourth-order valence-corrected chi connectivity index (χ4v) is 2.15. The Balaban J connectivity index is 2.20. The smallest absolute Gasteiger partial charge is 0.315 e. The number of unbranched alkanes of at least 4 members (excludes halogenated alkanes) is 1. The molecule has 0 bridgehead atoms. The van der Waals surface area contributed by atoms with E-state index in [1.165, 1.54) is 0 Å². The first-order chi connectivity index (χ1) is 10.7. The van der Waals surface area contributed by atoms with Gasteiger partial charge in [-0.25, -0.2) is 4.79 Å². The normalized spacial score (nSPS) is 11.8. The largest absolute Gasteiger partial charge is 0.497 e. The third-order valence-corrected chi connectivity index (χ3v) is 3.26. The number of nitrogens with one attached hydrogen (secondary N) is 2. The van der Waals surface area contributed by atoms with Crippen LogP contribution in [0.3, 0.4) is 0 Å². The molecule has 1 atom stereocenters. The van der Waals surface area contributed by atoms with Crippen LogP contribution in [0.1, 0.15) is 32.3 Å². The summed E-state index contributed by atoms with van der Waals surface area (Å²) in [5, 5.41) is 5.81. The summed E-state index contributed by atoms with van der Waals surface area (Å²) in [5.41, 5.74) is 1.14. The Labute approximate surface area is 133 Å². The molecule has 1 aromatic rings. The first-order valence-corrected chi connectivity index (χ1v) is 7.90. The van der Waals surface area contributed by atoms with Gasteiger partial charge in [0.2, 0.25) is 0 Å². The number of amides is 2. The van der Waals surface area contributed by atoms with Crippen LogP contribution in [0.4, 0.5) is 4.79 Å². The summed E-state index contributed by atoms with van der Waals surface area (Å²) in [7, 11) is 1.65. The Bertz CT molecular complexity index is 438. The van der Waals surface area contributed by atoms with Gasteiger partial charge in [0.1, 0.15) is 5.75 Å². The molecule has 0 radical (unpaired) electrons. The van der Waals surface area contributed by atoms with E-state index >= 15 is 0 Å². The van der Waals surface area contributed by atoms with Gasteiger partial charge in [-0.05, 0) is 50.8 Å². The van der Waals surface area contributed by atoms with E-state index in [0.29, 0.717) is 6.54 Å². The molecule has 0 fully saturated rings. The second-order valence-electron chi connectivity index (χ2n) is 5.26. The lowest BCUT2D eigenvalue weighted by Gasteiger charge is -2.15. The van der Waals surface area contributed by atoms with Gasteiger partial charge in [0.05, 0.1) is 7.11 Å². The van der Waals surface area contributed by atoms with Crippen molar-refractivity contribution in [3.63, 3.8) is 0 Å². The lowest BCUT2D eigenvalue weighted by Crippen LogP contribution is -2.42. The SMILES string of the molecule is CCOCCCCNC(=O)NC(C)Cc1cccc(OC)c1. The number of carbonyl (C=O) groups excluding carboxylic acids is 1. The molecule has 5 nitrogen and oxygen atoms in total. The molecule has 1 unspecified atom stereocenters. The zero-order valence-electron chi connectivity index (χ0n) is 13.9. The summed E-state index contributed by atoms with van der Waals surface area (Å²) in [4.78, 5) is 11.8. The maximum Gasteiger partial charge on any atom is 0.315 e. The molecular formula is C17H28N2O3. The number of benzene rings is 1. The van der Waals surface area contributed by atoms with E-state index in [9.17, 15) is 4.79 Å². The quantitative estimate of drug-likeness (QED) is 0.653. The minimum absolute atomic E-state index is 0.0653. The van der Waals surface area contributed by atoms with Crippen molar-refractivity contribution < 1.29 is 14.3 Å². The van der Waals surface area contributed by atoms with E-state index in [4.69, 9.17) is 9.47 Å². The highest BCUT2D eigenvalue weighted by molar-refractivity contribution is 5.74. The monoisotopic (exact) mass is 308 g/mol. The molecule has 0 spiro atoms. The molecule has 0 saturated carbocycles. The van der Waals surface area contributed by atoms with E-state index in [2.05, 4.69) is 10.6 Å². The van der Waals surface area contributed by atoms with Crippen LogP contribution in [0.2, 0.25) is 0 Å². The Morgan fingerprint density at radius 3 is 2.86 bits per heavy atom. The minimum atomic E-state index is -0.119.